The second-order valence-electron chi connectivity index (χ2n) is 3.95. The van der Waals surface area contributed by atoms with Crippen molar-refractivity contribution in [1.29, 1.82) is 0 Å². The fourth-order valence-electron chi connectivity index (χ4n) is 1.61. The highest BCUT2D eigenvalue weighted by molar-refractivity contribution is 8.33. The molecule has 0 unspecified atom stereocenters. The van der Waals surface area contributed by atoms with Crippen LogP contribution in [0.15, 0.2) is 78.2 Å². The van der Waals surface area contributed by atoms with Crippen molar-refractivity contribution in [3.63, 3.8) is 0 Å². The van der Waals surface area contributed by atoms with E-state index in [1.165, 1.54) is 18.9 Å². The summed E-state index contributed by atoms with van der Waals surface area (Å²) in [6.07, 6.45) is 8.48. The molecule has 1 aromatic carbocycles. The molecule has 0 bridgehead atoms. The van der Waals surface area contributed by atoms with Crippen LogP contribution in [-0.2, 0) is 0 Å². The van der Waals surface area contributed by atoms with Gasteiger partial charge in [0.1, 0.15) is 0 Å². The molecule has 2 aliphatic heterocycles. The zero-order chi connectivity index (χ0) is 13.6. The predicted octanol–water partition coefficient (Wildman–Crippen LogP) is 6.66. The second kappa shape index (κ2) is 7.36. The smallest absolute Gasteiger partial charge is 0.0700 e. The van der Waals surface area contributed by atoms with Gasteiger partial charge in [-0.25, -0.2) is 0 Å². The standard InChI is InChI=1S/C16H12S4/c1-2-6-13(7-3-1)8-4-5-9-14-12-19-16(20-14)15-17-10-11-18-15/h1-12H/b8-4+,9-5+. The number of thioether (sulfide) groups is 4. The number of hydrogen-bond donors (Lipinski definition) is 0. The maximum atomic E-state index is 2.22. The van der Waals surface area contributed by atoms with Gasteiger partial charge in [0.05, 0.1) is 8.47 Å². The fraction of sp³-hybridized carbons (Fsp3) is 0. The first-order valence-electron chi connectivity index (χ1n) is 6.09. The summed E-state index contributed by atoms with van der Waals surface area (Å²) in [6, 6.07) is 10.4. The van der Waals surface area contributed by atoms with E-state index in [9.17, 15) is 0 Å². The molecule has 4 heteroatoms. The number of allylic oxidation sites excluding steroid dienone is 3. The van der Waals surface area contributed by atoms with Gasteiger partial charge in [0.2, 0.25) is 0 Å². The van der Waals surface area contributed by atoms with Crippen LogP contribution >= 0.6 is 47.0 Å². The Labute approximate surface area is 136 Å². The molecule has 0 nitrogen and oxygen atoms in total. The van der Waals surface area contributed by atoms with Crippen LogP contribution in [0.2, 0.25) is 0 Å². The minimum Gasteiger partial charge on any atom is -0.0884 e. The summed E-state index contributed by atoms with van der Waals surface area (Å²) in [5.41, 5.74) is 1.23. The first kappa shape index (κ1) is 14.3. The molecule has 0 aromatic heterocycles. The number of benzene rings is 1. The molecule has 0 spiro atoms. The van der Waals surface area contributed by atoms with E-state index in [-0.39, 0.29) is 0 Å². The molecule has 0 amide bonds. The third-order valence-corrected chi connectivity index (χ3v) is 7.53. The second-order valence-corrected chi connectivity index (χ2v) is 8.26. The molecule has 0 radical (unpaired) electrons. The molecule has 0 N–H and O–H groups in total. The van der Waals surface area contributed by atoms with Crippen molar-refractivity contribution in [3.8, 4) is 0 Å². The van der Waals surface area contributed by atoms with E-state index >= 15 is 0 Å². The Hall–Kier alpha value is -0.680. The summed E-state index contributed by atoms with van der Waals surface area (Å²) in [4.78, 5) is 1.31. The number of hydrogen-bond acceptors (Lipinski definition) is 4. The summed E-state index contributed by atoms with van der Waals surface area (Å²) >= 11 is 7.31. The summed E-state index contributed by atoms with van der Waals surface area (Å²) < 4.78 is 2.80. The summed E-state index contributed by atoms with van der Waals surface area (Å²) in [7, 11) is 0. The van der Waals surface area contributed by atoms with E-state index in [1.807, 2.05) is 53.1 Å². The van der Waals surface area contributed by atoms with E-state index in [1.54, 1.807) is 0 Å². The highest BCUT2D eigenvalue weighted by atomic mass is 32.2. The maximum absolute atomic E-state index is 2.22. The molecule has 3 rings (SSSR count). The molecule has 1 aromatic rings. The van der Waals surface area contributed by atoms with Gasteiger partial charge in [-0.05, 0) is 27.9 Å². The Balaban J connectivity index is 1.56. The highest BCUT2D eigenvalue weighted by Gasteiger charge is 2.16. The van der Waals surface area contributed by atoms with Crippen LogP contribution in [-0.4, -0.2) is 0 Å². The Morgan fingerprint density at radius 3 is 2.30 bits per heavy atom. The lowest BCUT2D eigenvalue weighted by molar-refractivity contribution is 1.66. The van der Waals surface area contributed by atoms with Crippen molar-refractivity contribution < 1.29 is 0 Å². The molecule has 0 saturated heterocycles. The maximum Gasteiger partial charge on any atom is 0.0700 e. The molecule has 100 valence electrons. The van der Waals surface area contributed by atoms with Crippen LogP contribution in [0.25, 0.3) is 6.08 Å². The van der Waals surface area contributed by atoms with Crippen molar-refractivity contribution in [2.24, 2.45) is 0 Å². The van der Waals surface area contributed by atoms with Crippen molar-refractivity contribution in [2.75, 3.05) is 0 Å². The zero-order valence-electron chi connectivity index (χ0n) is 10.6. The average molecular weight is 333 g/mol. The predicted molar refractivity (Wildman–Crippen MR) is 99.2 cm³/mol. The molecule has 0 fully saturated rings. The van der Waals surface area contributed by atoms with E-state index in [0.29, 0.717) is 0 Å². The summed E-state index contributed by atoms with van der Waals surface area (Å²) in [5.74, 6) is 0. The van der Waals surface area contributed by atoms with E-state index in [0.717, 1.165) is 0 Å². The van der Waals surface area contributed by atoms with Crippen LogP contribution in [0.4, 0.5) is 0 Å². The molecule has 0 aliphatic carbocycles. The Morgan fingerprint density at radius 1 is 0.750 bits per heavy atom. The van der Waals surface area contributed by atoms with Crippen molar-refractivity contribution in [2.45, 2.75) is 0 Å². The van der Waals surface area contributed by atoms with Gasteiger partial charge < -0.3 is 0 Å². The minimum atomic E-state index is 1.23. The van der Waals surface area contributed by atoms with Gasteiger partial charge >= 0.3 is 0 Å². The van der Waals surface area contributed by atoms with Gasteiger partial charge in [-0.15, -0.1) is 0 Å². The Morgan fingerprint density at radius 2 is 1.50 bits per heavy atom. The molecule has 20 heavy (non-hydrogen) atoms. The van der Waals surface area contributed by atoms with Crippen molar-refractivity contribution in [1.82, 2.24) is 0 Å². The van der Waals surface area contributed by atoms with Crippen LogP contribution in [0.1, 0.15) is 5.56 Å². The highest BCUT2D eigenvalue weighted by Crippen LogP contribution is 2.53. The summed E-state index contributed by atoms with van der Waals surface area (Å²) in [5, 5.41) is 6.51. The van der Waals surface area contributed by atoms with Gasteiger partial charge in [-0.2, -0.15) is 0 Å². The quantitative estimate of drug-likeness (QED) is 0.568. The lowest BCUT2D eigenvalue weighted by Crippen LogP contribution is -1.68. The van der Waals surface area contributed by atoms with Crippen LogP contribution in [0.3, 0.4) is 0 Å². The lowest BCUT2D eigenvalue weighted by atomic mass is 10.2. The first-order chi connectivity index (χ1) is 9.92. The summed E-state index contributed by atoms with van der Waals surface area (Å²) in [6.45, 7) is 0. The van der Waals surface area contributed by atoms with Crippen LogP contribution in [0.5, 0.6) is 0 Å². The normalized spacial score (nSPS) is 18.7. The molecule has 0 atom stereocenters. The Bertz CT molecular complexity index is 611. The zero-order valence-corrected chi connectivity index (χ0v) is 13.8. The lowest BCUT2D eigenvalue weighted by Gasteiger charge is -1.99. The van der Waals surface area contributed by atoms with Gasteiger partial charge in [-0.3, -0.25) is 0 Å². The molecular weight excluding hydrogens is 320 g/mol. The van der Waals surface area contributed by atoms with Gasteiger partial charge in [0.15, 0.2) is 0 Å². The number of rotatable bonds is 3. The minimum absolute atomic E-state index is 1.23. The van der Waals surface area contributed by atoms with E-state index in [4.69, 9.17) is 0 Å². The SMILES string of the molecule is C1=CSC(=C2SC=C(/C=C/C=C/c3ccccc3)S2)S1. The van der Waals surface area contributed by atoms with Crippen molar-refractivity contribution >= 4 is 53.1 Å². The third kappa shape index (κ3) is 3.92. The molecular formula is C16H12S4. The van der Waals surface area contributed by atoms with Crippen LogP contribution < -0.4 is 0 Å². The average Bonchev–Trinajstić information content (AvgIpc) is 3.15. The van der Waals surface area contributed by atoms with Crippen molar-refractivity contribution in [3.05, 3.63) is 83.7 Å². The fourth-order valence-corrected chi connectivity index (χ4v) is 5.97. The molecule has 2 heterocycles. The largest absolute Gasteiger partial charge is 0.0884 e. The van der Waals surface area contributed by atoms with Gasteiger partial charge in [0, 0.05) is 4.91 Å². The van der Waals surface area contributed by atoms with Gasteiger partial charge in [-0.1, -0.05) is 95.6 Å². The monoisotopic (exact) mass is 332 g/mol. The van der Waals surface area contributed by atoms with Crippen LogP contribution in [0, 0.1) is 0 Å². The molecule has 2 aliphatic rings. The topological polar surface area (TPSA) is 0 Å². The van der Waals surface area contributed by atoms with E-state index < -0.39 is 0 Å². The molecule has 0 saturated carbocycles. The first-order valence-corrected chi connectivity index (χ1v) is 9.54. The Kier molecular flexibility index (Phi) is 5.25. The third-order valence-electron chi connectivity index (χ3n) is 2.52. The van der Waals surface area contributed by atoms with Gasteiger partial charge in [0.25, 0.3) is 0 Å². The van der Waals surface area contributed by atoms with E-state index in [2.05, 4.69) is 64.8 Å².